The Morgan fingerprint density at radius 1 is 1.06 bits per heavy atom. The molecule has 7 nitrogen and oxygen atoms in total. The Kier molecular flexibility index (Phi) is 7.28. The summed E-state index contributed by atoms with van der Waals surface area (Å²) in [5.74, 6) is 2.36. The van der Waals surface area contributed by atoms with Gasteiger partial charge < -0.3 is 19.7 Å². The first-order chi connectivity index (χ1) is 16.3. The zero-order valence-corrected chi connectivity index (χ0v) is 21.5. The molecule has 182 valence electrons. The average Bonchev–Trinajstić information content (AvgIpc) is 3.27. The first kappa shape index (κ1) is 24.3. The van der Waals surface area contributed by atoms with Crippen LogP contribution >= 0.6 is 11.5 Å². The molecule has 1 N–H and O–H groups in total. The number of anilines is 2. The summed E-state index contributed by atoms with van der Waals surface area (Å²) in [6.07, 6.45) is 0.805. The molecule has 1 aliphatic rings. The van der Waals surface area contributed by atoms with E-state index in [2.05, 4.69) is 39.4 Å². The van der Waals surface area contributed by atoms with Crippen LogP contribution < -0.4 is 19.7 Å². The van der Waals surface area contributed by atoms with Gasteiger partial charge in [0.25, 0.3) is 0 Å². The van der Waals surface area contributed by atoms with E-state index in [1.807, 2.05) is 32.9 Å². The highest BCUT2D eigenvalue weighted by Gasteiger charge is 2.24. The van der Waals surface area contributed by atoms with Crippen LogP contribution in [0.3, 0.4) is 0 Å². The molecule has 8 heteroatoms. The largest absolute Gasteiger partial charge is 0.493 e. The van der Waals surface area contributed by atoms with E-state index in [0.717, 1.165) is 56.2 Å². The van der Waals surface area contributed by atoms with Gasteiger partial charge in [-0.1, -0.05) is 32.9 Å². The van der Waals surface area contributed by atoms with E-state index >= 15 is 0 Å². The van der Waals surface area contributed by atoms with Crippen LogP contribution in [0.4, 0.5) is 11.5 Å². The second kappa shape index (κ2) is 10.2. The van der Waals surface area contributed by atoms with Crippen molar-refractivity contribution in [1.29, 1.82) is 0 Å². The zero-order valence-electron chi connectivity index (χ0n) is 20.7. The third-order valence-electron chi connectivity index (χ3n) is 6.27. The third-order valence-corrected chi connectivity index (χ3v) is 7.08. The normalized spacial score (nSPS) is 14.9. The fraction of sp³-hybridized carbons (Fsp3) is 0.462. The number of aromatic nitrogens is 1. The molecular weight excluding hydrogens is 448 g/mol. The van der Waals surface area contributed by atoms with Crippen molar-refractivity contribution < 1.29 is 14.3 Å². The van der Waals surface area contributed by atoms with Crippen LogP contribution in [0.15, 0.2) is 36.4 Å². The summed E-state index contributed by atoms with van der Waals surface area (Å²) in [4.78, 5) is 17.5. The monoisotopic (exact) mass is 482 g/mol. The minimum absolute atomic E-state index is 0.0231. The number of amides is 1. The summed E-state index contributed by atoms with van der Waals surface area (Å²) in [7, 11) is 3.24. The van der Waals surface area contributed by atoms with Gasteiger partial charge in [-0.05, 0) is 41.7 Å². The number of nitrogens with zero attached hydrogens (tertiary/aromatic N) is 3. The molecule has 0 bridgehead atoms. The molecular formula is C26H34N4O3S. The number of ether oxygens (including phenoxy) is 2. The lowest BCUT2D eigenvalue weighted by molar-refractivity contribution is -0.123. The maximum Gasteiger partial charge on any atom is 0.229 e. The number of carbonyl (C=O) groups is 1. The molecule has 1 aromatic heterocycles. The average molecular weight is 483 g/mol. The molecule has 0 radical (unpaired) electrons. The molecule has 2 aromatic carbocycles. The molecule has 1 amide bonds. The molecule has 3 aromatic rings. The number of rotatable bonds is 7. The van der Waals surface area contributed by atoms with Gasteiger partial charge in [-0.2, -0.15) is 4.37 Å². The number of nitrogens with one attached hydrogen (secondary N) is 1. The molecule has 0 saturated carbocycles. The van der Waals surface area contributed by atoms with Gasteiger partial charge in [0, 0.05) is 55.3 Å². The van der Waals surface area contributed by atoms with Crippen molar-refractivity contribution in [2.75, 3.05) is 57.2 Å². The summed E-state index contributed by atoms with van der Waals surface area (Å²) in [6, 6.07) is 12.3. The molecule has 34 heavy (non-hydrogen) atoms. The van der Waals surface area contributed by atoms with Gasteiger partial charge in [0.15, 0.2) is 11.5 Å². The lowest BCUT2D eigenvalue weighted by atomic mass is 9.95. The first-order valence-corrected chi connectivity index (χ1v) is 12.5. The van der Waals surface area contributed by atoms with Crippen LogP contribution in [0, 0.1) is 5.41 Å². The number of methoxy groups -OCH3 is 2. The summed E-state index contributed by atoms with van der Waals surface area (Å²) in [5, 5.41) is 4.34. The van der Waals surface area contributed by atoms with Crippen molar-refractivity contribution in [3.8, 4) is 11.5 Å². The van der Waals surface area contributed by atoms with Crippen molar-refractivity contribution in [3.05, 3.63) is 42.0 Å². The van der Waals surface area contributed by atoms with Crippen LogP contribution in [0.1, 0.15) is 26.3 Å². The molecule has 1 aliphatic heterocycles. The number of hydrogen-bond donors (Lipinski definition) is 1. The topological polar surface area (TPSA) is 66.9 Å². The SMILES string of the molecule is COc1cc(CCN2CCN(c3nsc4ccccc34)CC2)c(NC(=O)C(C)(C)C)cc1OC. The van der Waals surface area contributed by atoms with Gasteiger partial charge in [0.05, 0.1) is 18.9 Å². The van der Waals surface area contributed by atoms with Crippen molar-refractivity contribution >= 4 is 39.0 Å². The second-order valence-electron chi connectivity index (χ2n) is 9.65. The maximum atomic E-state index is 12.7. The van der Waals surface area contributed by atoms with Crippen LogP contribution in [-0.2, 0) is 11.2 Å². The van der Waals surface area contributed by atoms with Crippen molar-refractivity contribution in [2.24, 2.45) is 5.41 Å². The Balaban J connectivity index is 1.43. The minimum Gasteiger partial charge on any atom is -0.493 e. The fourth-order valence-corrected chi connectivity index (χ4v) is 4.91. The number of fused-ring (bicyclic) bond motifs is 1. The highest BCUT2D eigenvalue weighted by atomic mass is 32.1. The van der Waals surface area contributed by atoms with E-state index in [0.29, 0.717) is 11.5 Å². The van der Waals surface area contributed by atoms with Gasteiger partial charge >= 0.3 is 0 Å². The molecule has 1 fully saturated rings. The standard InChI is InChI=1S/C26H34N4O3S/c1-26(2,3)25(31)27-20-17-22(33-5)21(32-4)16-18(20)10-11-29-12-14-30(15-13-29)24-19-8-6-7-9-23(19)34-28-24/h6-9,16-17H,10-15H2,1-5H3,(H,27,31). The predicted octanol–water partition coefficient (Wildman–Crippen LogP) is 4.66. The summed E-state index contributed by atoms with van der Waals surface area (Å²) in [5.41, 5.74) is 1.34. The Morgan fingerprint density at radius 2 is 1.74 bits per heavy atom. The molecule has 0 spiro atoms. The second-order valence-corrected chi connectivity index (χ2v) is 10.5. The number of carbonyl (C=O) groups excluding carboxylic acids is 1. The molecule has 0 aliphatic carbocycles. The smallest absolute Gasteiger partial charge is 0.229 e. The molecule has 1 saturated heterocycles. The van der Waals surface area contributed by atoms with Crippen LogP contribution in [0.25, 0.3) is 10.1 Å². The number of hydrogen-bond acceptors (Lipinski definition) is 7. The molecule has 2 heterocycles. The van der Waals surface area contributed by atoms with Crippen molar-refractivity contribution in [1.82, 2.24) is 9.27 Å². The van der Waals surface area contributed by atoms with E-state index in [1.165, 1.54) is 10.1 Å². The lowest BCUT2D eigenvalue weighted by Crippen LogP contribution is -2.47. The van der Waals surface area contributed by atoms with E-state index in [-0.39, 0.29) is 5.91 Å². The van der Waals surface area contributed by atoms with E-state index in [9.17, 15) is 4.79 Å². The zero-order chi connectivity index (χ0) is 24.3. The Hall–Kier alpha value is -2.84. The predicted molar refractivity (Wildman–Crippen MR) is 140 cm³/mol. The van der Waals surface area contributed by atoms with Gasteiger partial charge in [-0.15, -0.1) is 0 Å². The van der Waals surface area contributed by atoms with E-state index < -0.39 is 5.41 Å². The van der Waals surface area contributed by atoms with E-state index in [4.69, 9.17) is 13.8 Å². The molecule has 4 rings (SSSR count). The highest BCUT2D eigenvalue weighted by molar-refractivity contribution is 7.13. The van der Waals surface area contributed by atoms with Gasteiger partial charge in [-0.25, -0.2) is 0 Å². The Morgan fingerprint density at radius 3 is 2.41 bits per heavy atom. The van der Waals surface area contributed by atoms with Gasteiger partial charge in [-0.3, -0.25) is 9.69 Å². The fourth-order valence-electron chi connectivity index (χ4n) is 4.12. The van der Waals surface area contributed by atoms with Crippen LogP contribution in [0.5, 0.6) is 11.5 Å². The summed E-state index contributed by atoms with van der Waals surface area (Å²) < 4.78 is 16.9. The summed E-state index contributed by atoms with van der Waals surface area (Å²) >= 11 is 1.57. The van der Waals surface area contributed by atoms with Crippen molar-refractivity contribution in [2.45, 2.75) is 27.2 Å². The van der Waals surface area contributed by atoms with Crippen molar-refractivity contribution in [3.63, 3.8) is 0 Å². The summed E-state index contributed by atoms with van der Waals surface area (Å²) in [6.45, 7) is 10.5. The quantitative estimate of drug-likeness (QED) is 0.528. The van der Waals surface area contributed by atoms with Gasteiger partial charge in [0.2, 0.25) is 5.91 Å². The maximum absolute atomic E-state index is 12.7. The van der Waals surface area contributed by atoms with E-state index in [1.54, 1.807) is 25.8 Å². The highest BCUT2D eigenvalue weighted by Crippen LogP contribution is 2.35. The number of piperazine rings is 1. The Labute approximate surface area is 205 Å². The minimum atomic E-state index is -0.485. The lowest BCUT2D eigenvalue weighted by Gasteiger charge is -2.35. The number of benzene rings is 2. The van der Waals surface area contributed by atoms with Crippen LogP contribution in [-0.4, -0.2) is 62.1 Å². The first-order valence-electron chi connectivity index (χ1n) is 11.7. The molecule has 0 unspecified atom stereocenters. The molecule has 0 atom stereocenters. The third kappa shape index (κ3) is 5.28. The Bertz CT molecular complexity index is 1150. The van der Waals surface area contributed by atoms with Crippen LogP contribution in [0.2, 0.25) is 0 Å². The van der Waals surface area contributed by atoms with Gasteiger partial charge in [0.1, 0.15) is 5.82 Å².